The Morgan fingerprint density at radius 3 is 2.48 bits per heavy atom. The van der Waals surface area contributed by atoms with Crippen molar-refractivity contribution in [1.82, 2.24) is 15.2 Å². The van der Waals surface area contributed by atoms with Gasteiger partial charge in [-0.2, -0.15) is 0 Å². The molecule has 0 spiro atoms. The first-order valence-corrected chi connectivity index (χ1v) is 17.1. The number of ether oxygens (including phenoxy) is 1. The number of pyridine rings is 1. The second kappa shape index (κ2) is 15.9. The zero-order valence-electron chi connectivity index (χ0n) is 28.3. The van der Waals surface area contributed by atoms with E-state index in [1.54, 1.807) is 0 Å². The van der Waals surface area contributed by atoms with Gasteiger partial charge < -0.3 is 40.5 Å². The van der Waals surface area contributed by atoms with E-state index in [0.717, 1.165) is 55.5 Å². The van der Waals surface area contributed by atoms with Gasteiger partial charge in [-0.05, 0) is 91.3 Å². The lowest BCUT2D eigenvalue weighted by molar-refractivity contribution is -0.138. The fourth-order valence-electron chi connectivity index (χ4n) is 6.26. The summed E-state index contributed by atoms with van der Waals surface area (Å²) in [6.07, 6.45) is 3.72. The van der Waals surface area contributed by atoms with Gasteiger partial charge in [0.05, 0.1) is 12.7 Å². The number of aryl methyl sites for hydroxylation is 1. The number of carbonyl (C=O) groups is 1. The van der Waals surface area contributed by atoms with Crippen LogP contribution in [0.5, 0.6) is 5.75 Å². The van der Waals surface area contributed by atoms with Crippen molar-refractivity contribution in [3.8, 4) is 16.9 Å². The van der Waals surface area contributed by atoms with Gasteiger partial charge in [-0.1, -0.05) is 43.3 Å². The largest absolute Gasteiger partial charge is 0.490 e. The summed E-state index contributed by atoms with van der Waals surface area (Å²) in [7, 11) is 1.53. The van der Waals surface area contributed by atoms with Gasteiger partial charge in [0, 0.05) is 50.1 Å². The average molecular weight is 662 g/mol. The molecule has 2 aliphatic carbocycles. The van der Waals surface area contributed by atoms with Crippen LogP contribution in [-0.4, -0.2) is 92.0 Å². The average Bonchev–Trinajstić information content (AvgIpc) is 4.04. The van der Waals surface area contributed by atoms with Crippen LogP contribution in [-0.2, 0) is 16.9 Å². The van der Waals surface area contributed by atoms with Crippen LogP contribution in [0, 0.1) is 6.92 Å². The van der Waals surface area contributed by atoms with E-state index in [4.69, 9.17) is 9.84 Å². The number of likely N-dealkylation sites (N-methyl/N-ethyl adjacent to an activating group) is 1. The normalized spacial score (nSPS) is 18.4. The van der Waals surface area contributed by atoms with Crippen molar-refractivity contribution in [1.29, 1.82) is 0 Å². The standard InChI is InChI=1S/C38H51N3O7/c1-24(7-6-10-35(45)41(3)22-32(43)36(46)37(47)33(44)23-42)26-12-11-25(2)27(19-26)20-40-38(16-17-38)31-21-39-18-15-29(31)30-8-4-5-9-34(30)48-28-13-14-28/h4-5,8-9,11-12,15,18-19,21,24,28,32-33,36-37,40,42-44,46-47H,6-7,10,13-14,16-17,20,22-23H2,1-3H3. The number of hydrogen-bond acceptors (Lipinski definition) is 9. The number of nitrogens with zero attached hydrogens (tertiary/aromatic N) is 2. The van der Waals surface area contributed by atoms with Crippen molar-refractivity contribution < 1.29 is 35.1 Å². The van der Waals surface area contributed by atoms with Crippen LogP contribution in [0.25, 0.3) is 11.1 Å². The second-order valence-corrected chi connectivity index (χ2v) is 13.7. The van der Waals surface area contributed by atoms with Gasteiger partial charge in [-0.3, -0.25) is 9.78 Å². The molecule has 10 heteroatoms. The van der Waals surface area contributed by atoms with E-state index >= 15 is 0 Å². The van der Waals surface area contributed by atoms with Gasteiger partial charge >= 0.3 is 0 Å². The van der Waals surface area contributed by atoms with Crippen LogP contribution in [0.2, 0.25) is 0 Å². The molecule has 3 aromatic rings. The van der Waals surface area contributed by atoms with E-state index in [0.29, 0.717) is 12.5 Å². The maximum atomic E-state index is 12.7. The predicted octanol–water partition coefficient (Wildman–Crippen LogP) is 3.55. The first-order valence-electron chi connectivity index (χ1n) is 17.1. The van der Waals surface area contributed by atoms with Gasteiger partial charge in [0.15, 0.2) is 0 Å². The number of aromatic nitrogens is 1. The predicted molar refractivity (Wildman–Crippen MR) is 183 cm³/mol. The van der Waals surface area contributed by atoms with E-state index in [1.807, 2.05) is 18.5 Å². The zero-order chi connectivity index (χ0) is 34.4. The van der Waals surface area contributed by atoms with E-state index < -0.39 is 31.0 Å². The van der Waals surface area contributed by atoms with Crippen molar-refractivity contribution in [2.45, 2.75) is 107 Å². The van der Waals surface area contributed by atoms with Gasteiger partial charge in [0.25, 0.3) is 0 Å². The fraction of sp³-hybridized carbons (Fsp3) is 0.526. The van der Waals surface area contributed by atoms with Gasteiger partial charge in [0.1, 0.15) is 30.2 Å². The summed E-state index contributed by atoms with van der Waals surface area (Å²) in [5, 5.41) is 52.5. The molecule has 0 aliphatic heterocycles. The Hall–Kier alpha value is -3.38. The van der Waals surface area contributed by atoms with Crippen molar-refractivity contribution in [3.63, 3.8) is 0 Å². The Labute approximate surface area is 283 Å². The van der Waals surface area contributed by atoms with Crippen LogP contribution >= 0.6 is 0 Å². The first-order chi connectivity index (χ1) is 23.0. The molecule has 0 bridgehead atoms. The molecule has 5 rings (SSSR count). The molecule has 260 valence electrons. The van der Waals surface area contributed by atoms with Crippen LogP contribution in [0.3, 0.4) is 0 Å². The minimum absolute atomic E-state index is 0.142. The molecule has 48 heavy (non-hydrogen) atoms. The van der Waals surface area contributed by atoms with E-state index in [9.17, 15) is 25.2 Å². The summed E-state index contributed by atoms with van der Waals surface area (Å²) >= 11 is 0. The number of para-hydroxylation sites is 1. The van der Waals surface area contributed by atoms with Crippen LogP contribution in [0.4, 0.5) is 0 Å². The summed E-state index contributed by atoms with van der Waals surface area (Å²) in [6, 6.07) is 17.0. The highest BCUT2D eigenvalue weighted by Crippen LogP contribution is 2.50. The molecular weight excluding hydrogens is 610 g/mol. The van der Waals surface area contributed by atoms with Crippen molar-refractivity contribution >= 4 is 5.91 Å². The number of nitrogens with one attached hydrogen (secondary N) is 1. The van der Waals surface area contributed by atoms with E-state index in [2.05, 4.69) is 66.6 Å². The highest BCUT2D eigenvalue weighted by atomic mass is 16.5. The lowest BCUT2D eigenvalue weighted by Crippen LogP contribution is -2.49. The highest BCUT2D eigenvalue weighted by Gasteiger charge is 2.46. The van der Waals surface area contributed by atoms with Gasteiger partial charge in [-0.25, -0.2) is 0 Å². The maximum Gasteiger partial charge on any atom is 0.222 e. The molecule has 10 nitrogen and oxygen atoms in total. The number of hydrogen-bond donors (Lipinski definition) is 6. The lowest BCUT2D eigenvalue weighted by atomic mass is 9.91. The Balaban J connectivity index is 1.16. The van der Waals surface area contributed by atoms with Crippen LogP contribution in [0.15, 0.2) is 60.9 Å². The van der Waals surface area contributed by atoms with Gasteiger partial charge in [-0.15, -0.1) is 0 Å². The number of aliphatic hydroxyl groups excluding tert-OH is 5. The third-order valence-corrected chi connectivity index (χ3v) is 9.88. The molecule has 6 N–H and O–H groups in total. The third kappa shape index (κ3) is 8.80. The molecule has 0 radical (unpaired) electrons. The smallest absolute Gasteiger partial charge is 0.222 e. The Kier molecular flexibility index (Phi) is 11.9. The number of aliphatic hydroxyl groups is 5. The minimum atomic E-state index is -1.72. The monoisotopic (exact) mass is 661 g/mol. The molecule has 2 saturated carbocycles. The van der Waals surface area contributed by atoms with Crippen LogP contribution in [0.1, 0.15) is 80.0 Å². The zero-order valence-corrected chi connectivity index (χ0v) is 28.3. The van der Waals surface area contributed by atoms with Crippen molar-refractivity contribution in [2.75, 3.05) is 20.2 Å². The lowest BCUT2D eigenvalue weighted by Gasteiger charge is -2.28. The van der Waals surface area contributed by atoms with Crippen molar-refractivity contribution in [3.05, 3.63) is 83.2 Å². The molecule has 0 saturated heterocycles. The SMILES string of the molecule is Cc1ccc(C(C)CCCC(=O)N(C)CC(O)C(O)C(O)C(O)CO)cc1CNC1(c2cnccc2-c2ccccc2OC2CC2)CC1. The molecule has 2 aliphatic rings. The quantitative estimate of drug-likeness (QED) is 0.120. The Morgan fingerprint density at radius 1 is 1.04 bits per heavy atom. The summed E-state index contributed by atoms with van der Waals surface area (Å²) in [4.78, 5) is 18.6. The number of rotatable bonds is 18. The fourth-order valence-corrected chi connectivity index (χ4v) is 6.26. The molecular formula is C38H51N3O7. The number of carbonyl (C=O) groups excluding carboxylic acids is 1. The summed E-state index contributed by atoms with van der Waals surface area (Å²) in [5.41, 5.74) is 7.01. The second-order valence-electron chi connectivity index (χ2n) is 13.7. The summed E-state index contributed by atoms with van der Waals surface area (Å²) in [6.45, 7) is 4.06. The van der Waals surface area contributed by atoms with Gasteiger partial charge in [0.2, 0.25) is 5.91 Å². The van der Waals surface area contributed by atoms with E-state index in [-0.39, 0.29) is 30.3 Å². The molecule has 1 amide bonds. The minimum Gasteiger partial charge on any atom is -0.490 e. The summed E-state index contributed by atoms with van der Waals surface area (Å²) < 4.78 is 6.27. The molecule has 5 atom stereocenters. The van der Waals surface area contributed by atoms with Crippen LogP contribution < -0.4 is 10.1 Å². The highest BCUT2D eigenvalue weighted by molar-refractivity contribution is 5.76. The number of amides is 1. The molecule has 1 heterocycles. The molecule has 2 aromatic carbocycles. The summed E-state index contributed by atoms with van der Waals surface area (Å²) in [5.74, 6) is 0.971. The maximum absolute atomic E-state index is 12.7. The van der Waals surface area contributed by atoms with Crippen molar-refractivity contribution in [2.24, 2.45) is 0 Å². The first kappa shape index (κ1) is 35.9. The Morgan fingerprint density at radius 2 is 1.77 bits per heavy atom. The Bertz CT molecular complexity index is 1530. The molecule has 2 fully saturated rings. The topological polar surface area (TPSA) is 156 Å². The molecule has 5 unspecified atom stereocenters. The molecule has 1 aromatic heterocycles. The van der Waals surface area contributed by atoms with E-state index in [1.165, 1.54) is 34.2 Å². The third-order valence-electron chi connectivity index (χ3n) is 9.88. The number of benzene rings is 2.